The molecule has 1 heterocycles. The molecule has 1 saturated carbocycles. The van der Waals surface area contributed by atoms with Gasteiger partial charge in [-0.3, -0.25) is 9.59 Å². The lowest BCUT2D eigenvalue weighted by Gasteiger charge is -2.44. The van der Waals surface area contributed by atoms with Gasteiger partial charge in [0.2, 0.25) is 11.8 Å². The van der Waals surface area contributed by atoms with E-state index >= 15 is 0 Å². The molecule has 0 bridgehead atoms. The molecule has 2 fully saturated rings. The lowest BCUT2D eigenvalue weighted by molar-refractivity contribution is -0.155. The van der Waals surface area contributed by atoms with Crippen LogP contribution in [0.15, 0.2) is 0 Å². The first-order chi connectivity index (χ1) is 7.94. The second-order valence-electron chi connectivity index (χ2n) is 5.59. The van der Waals surface area contributed by atoms with Gasteiger partial charge in [0.15, 0.2) is 0 Å². The van der Waals surface area contributed by atoms with E-state index < -0.39 is 5.54 Å². The van der Waals surface area contributed by atoms with Crippen molar-refractivity contribution in [2.75, 3.05) is 0 Å². The molecule has 1 N–H and O–H groups in total. The summed E-state index contributed by atoms with van der Waals surface area (Å²) in [6.07, 6.45) is 2.38. The van der Waals surface area contributed by atoms with Crippen LogP contribution < -0.4 is 5.32 Å². The minimum absolute atomic E-state index is 0.00977. The standard InChI is InChI=1S/C13H22N2O2/c1-5-9-11(16)14-13(4,6-2)12(17)15(9)10-7-8(10)3/h8-10H,5-7H2,1-4H3,(H,14,16). The summed E-state index contributed by atoms with van der Waals surface area (Å²) in [7, 11) is 0. The Bertz CT molecular complexity index is 355. The predicted octanol–water partition coefficient (Wildman–Crippen LogP) is 1.30. The number of piperazine rings is 1. The molecular formula is C13H22N2O2. The highest BCUT2D eigenvalue weighted by atomic mass is 16.2. The van der Waals surface area contributed by atoms with Crippen LogP contribution in [0.1, 0.15) is 47.0 Å². The molecule has 0 aromatic carbocycles. The Hall–Kier alpha value is -1.06. The molecule has 17 heavy (non-hydrogen) atoms. The van der Waals surface area contributed by atoms with Crippen molar-refractivity contribution in [1.82, 2.24) is 10.2 Å². The Balaban J connectivity index is 2.29. The Kier molecular flexibility index (Phi) is 2.92. The van der Waals surface area contributed by atoms with E-state index in [1.807, 2.05) is 25.7 Å². The molecule has 2 aliphatic rings. The van der Waals surface area contributed by atoms with Crippen molar-refractivity contribution in [1.29, 1.82) is 0 Å². The molecule has 4 atom stereocenters. The molecule has 1 aliphatic heterocycles. The van der Waals surface area contributed by atoms with Gasteiger partial charge < -0.3 is 10.2 Å². The molecule has 1 saturated heterocycles. The second kappa shape index (κ2) is 4.00. The molecular weight excluding hydrogens is 216 g/mol. The minimum Gasteiger partial charge on any atom is -0.340 e. The van der Waals surface area contributed by atoms with Gasteiger partial charge in [-0.05, 0) is 32.1 Å². The first kappa shape index (κ1) is 12.4. The Labute approximate surface area is 103 Å². The van der Waals surface area contributed by atoms with Gasteiger partial charge in [0, 0.05) is 6.04 Å². The Morgan fingerprint density at radius 1 is 1.41 bits per heavy atom. The van der Waals surface area contributed by atoms with Crippen LogP contribution in [0, 0.1) is 5.92 Å². The van der Waals surface area contributed by atoms with E-state index in [0.717, 1.165) is 6.42 Å². The summed E-state index contributed by atoms with van der Waals surface area (Å²) in [5, 5.41) is 2.89. The van der Waals surface area contributed by atoms with E-state index in [9.17, 15) is 9.59 Å². The van der Waals surface area contributed by atoms with Crippen molar-refractivity contribution in [3.63, 3.8) is 0 Å². The first-order valence-corrected chi connectivity index (χ1v) is 6.59. The number of nitrogens with zero attached hydrogens (tertiary/aromatic N) is 1. The second-order valence-corrected chi connectivity index (χ2v) is 5.59. The Morgan fingerprint density at radius 3 is 2.41 bits per heavy atom. The zero-order valence-electron chi connectivity index (χ0n) is 11.1. The average molecular weight is 238 g/mol. The van der Waals surface area contributed by atoms with E-state index in [4.69, 9.17) is 0 Å². The fourth-order valence-corrected chi connectivity index (χ4v) is 2.66. The van der Waals surface area contributed by atoms with Gasteiger partial charge in [-0.25, -0.2) is 0 Å². The van der Waals surface area contributed by atoms with Crippen molar-refractivity contribution in [2.24, 2.45) is 5.92 Å². The summed E-state index contributed by atoms with van der Waals surface area (Å²) >= 11 is 0. The molecule has 0 spiro atoms. The van der Waals surface area contributed by atoms with Crippen molar-refractivity contribution >= 4 is 11.8 Å². The van der Waals surface area contributed by atoms with Crippen LogP contribution in [0.4, 0.5) is 0 Å². The molecule has 2 rings (SSSR count). The highest BCUT2D eigenvalue weighted by molar-refractivity contribution is 5.99. The van der Waals surface area contributed by atoms with Crippen LogP contribution >= 0.6 is 0 Å². The maximum Gasteiger partial charge on any atom is 0.248 e. The molecule has 96 valence electrons. The van der Waals surface area contributed by atoms with Crippen LogP contribution in [0.2, 0.25) is 0 Å². The largest absolute Gasteiger partial charge is 0.340 e. The van der Waals surface area contributed by atoms with Gasteiger partial charge in [-0.2, -0.15) is 0 Å². The van der Waals surface area contributed by atoms with Crippen LogP contribution in [-0.4, -0.2) is 34.3 Å². The topological polar surface area (TPSA) is 49.4 Å². The number of hydrogen-bond donors (Lipinski definition) is 1. The van der Waals surface area contributed by atoms with Crippen LogP contribution in [0.25, 0.3) is 0 Å². The summed E-state index contributed by atoms with van der Waals surface area (Å²) in [4.78, 5) is 26.5. The highest BCUT2D eigenvalue weighted by Gasteiger charge is 2.53. The van der Waals surface area contributed by atoms with Gasteiger partial charge in [-0.15, -0.1) is 0 Å². The molecule has 0 aromatic rings. The third-order valence-corrected chi connectivity index (χ3v) is 4.26. The molecule has 0 aromatic heterocycles. The van der Waals surface area contributed by atoms with Gasteiger partial charge in [0.25, 0.3) is 0 Å². The number of rotatable bonds is 3. The number of amides is 2. The predicted molar refractivity (Wildman–Crippen MR) is 65.3 cm³/mol. The number of hydrogen-bond acceptors (Lipinski definition) is 2. The van der Waals surface area contributed by atoms with Crippen LogP contribution in [0.5, 0.6) is 0 Å². The van der Waals surface area contributed by atoms with Crippen LogP contribution in [0.3, 0.4) is 0 Å². The molecule has 4 unspecified atom stereocenters. The third-order valence-electron chi connectivity index (χ3n) is 4.26. The maximum atomic E-state index is 12.5. The Morgan fingerprint density at radius 2 is 2.00 bits per heavy atom. The van der Waals surface area contributed by atoms with Gasteiger partial charge in [-0.1, -0.05) is 20.8 Å². The third kappa shape index (κ3) is 1.83. The fraction of sp³-hybridized carbons (Fsp3) is 0.846. The van der Waals surface area contributed by atoms with E-state index in [-0.39, 0.29) is 23.9 Å². The van der Waals surface area contributed by atoms with Crippen molar-refractivity contribution < 1.29 is 9.59 Å². The number of nitrogens with one attached hydrogen (secondary N) is 1. The summed E-state index contributed by atoms with van der Waals surface area (Å²) in [5.41, 5.74) is -0.703. The number of carbonyl (C=O) groups excluding carboxylic acids is 2. The van der Waals surface area contributed by atoms with Crippen molar-refractivity contribution in [2.45, 2.75) is 64.6 Å². The summed E-state index contributed by atoms with van der Waals surface area (Å²) < 4.78 is 0. The molecule has 0 radical (unpaired) electrons. The van der Waals surface area contributed by atoms with Crippen molar-refractivity contribution in [3.8, 4) is 0 Å². The SMILES string of the molecule is CCC1C(=O)NC(C)(CC)C(=O)N1C1CC1C. The van der Waals surface area contributed by atoms with E-state index in [1.54, 1.807) is 0 Å². The molecule has 4 heteroatoms. The van der Waals surface area contributed by atoms with Gasteiger partial charge in [0.1, 0.15) is 11.6 Å². The van der Waals surface area contributed by atoms with Crippen LogP contribution in [-0.2, 0) is 9.59 Å². The van der Waals surface area contributed by atoms with Gasteiger partial charge in [0.05, 0.1) is 0 Å². The zero-order chi connectivity index (χ0) is 12.8. The smallest absolute Gasteiger partial charge is 0.248 e. The fourth-order valence-electron chi connectivity index (χ4n) is 2.66. The normalized spacial score (nSPS) is 41.4. The van der Waals surface area contributed by atoms with Gasteiger partial charge >= 0.3 is 0 Å². The van der Waals surface area contributed by atoms with Crippen molar-refractivity contribution in [3.05, 3.63) is 0 Å². The number of carbonyl (C=O) groups is 2. The molecule has 2 amide bonds. The monoisotopic (exact) mass is 238 g/mol. The summed E-state index contributed by atoms with van der Waals surface area (Å²) in [6.45, 7) is 7.88. The molecule has 1 aliphatic carbocycles. The lowest BCUT2D eigenvalue weighted by Crippen LogP contribution is -2.69. The lowest BCUT2D eigenvalue weighted by atomic mass is 9.91. The van der Waals surface area contributed by atoms with E-state index in [2.05, 4.69) is 12.2 Å². The quantitative estimate of drug-likeness (QED) is 0.805. The maximum absolute atomic E-state index is 12.5. The highest BCUT2D eigenvalue weighted by Crippen LogP contribution is 2.39. The van der Waals surface area contributed by atoms with E-state index in [1.165, 1.54) is 0 Å². The average Bonchev–Trinajstić information content (AvgIpc) is 3.00. The zero-order valence-corrected chi connectivity index (χ0v) is 11.1. The minimum atomic E-state index is -0.703. The molecule has 4 nitrogen and oxygen atoms in total. The summed E-state index contributed by atoms with van der Waals surface area (Å²) in [6, 6.07) is 0.0152. The summed E-state index contributed by atoms with van der Waals surface area (Å²) in [5.74, 6) is 0.649. The first-order valence-electron chi connectivity index (χ1n) is 6.59. The van der Waals surface area contributed by atoms with E-state index in [0.29, 0.717) is 18.8 Å².